The van der Waals surface area contributed by atoms with Gasteiger partial charge in [0, 0.05) is 5.56 Å². The second-order valence-electron chi connectivity index (χ2n) is 5.54. The summed E-state index contributed by atoms with van der Waals surface area (Å²) in [6.45, 7) is 2.13. The van der Waals surface area contributed by atoms with E-state index in [1.165, 1.54) is 0 Å². The first-order chi connectivity index (χ1) is 10.7. The van der Waals surface area contributed by atoms with E-state index in [1.54, 1.807) is 0 Å². The van der Waals surface area contributed by atoms with Crippen molar-refractivity contribution in [1.82, 2.24) is 5.32 Å². The number of aliphatic hydroxyl groups is 1. The second kappa shape index (κ2) is 6.20. The number of benzene rings is 2. The highest BCUT2D eigenvalue weighted by atomic mass is 16.5. The van der Waals surface area contributed by atoms with Crippen LogP contribution in [0.2, 0.25) is 0 Å². The maximum Gasteiger partial charge on any atom is 0.227 e. The van der Waals surface area contributed by atoms with Gasteiger partial charge in [-0.05, 0) is 18.6 Å². The van der Waals surface area contributed by atoms with Gasteiger partial charge in [0.25, 0.3) is 0 Å². The third-order valence-electron chi connectivity index (χ3n) is 4.06. The molecule has 0 spiro atoms. The number of rotatable bonds is 3. The molecule has 0 saturated carbocycles. The van der Waals surface area contributed by atoms with Crippen molar-refractivity contribution in [2.75, 3.05) is 6.61 Å². The van der Waals surface area contributed by atoms with E-state index < -0.39 is 12.1 Å². The molecule has 1 heterocycles. The molecule has 1 aliphatic rings. The van der Waals surface area contributed by atoms with Crippen molar-refractivity contribution in [3.8, 4) is 5.75 Å². The highest BCUT2D eigenvalue weighted by Crippen LogP contribution is 2.31. The first kappa shape index (κ1) is 14.6. The Kier molecular flexibility index (Phi) is 4.11. The highest BCUT2D eigenvalue weighted by molar-refractivity contribution is 5.83. The van der Waals surface area contributed by atoms with Crippen molar-refractivity contribution in [3.05, 3.63) is 65.7 Å². The summed E-state index contributed by atoms with van der Waals surface area (Å²) in [7, 11) is 0. The third-order valence-corrected chi connectivity index (χ3v) is 4.06. The fourth-order valence-electron chi connectivity index (χ4n) is 2.67. The molecule has 4 nitrogen and oxygen atoms in total. The van der Waals surface area contributed by atoms with Crippen LogP contribution in [0.4, 0.5) is 0 Å². The Morgan fingerprint density at radius 2 is 1.86 bits per heavy atom. The van der Waals surface area contributed by atoms with Gasteiger partial charge in [-0.1, -0.05) is 48.5 Å². The molecule has 114 valence electrons. The molecular weight excluding hydrogens is 278 g/mol. The van der Waals surface area contributed by atoms with Crippen LogP contribution >= 0.6 is 0 Å². The van der Waals surface area contributed by atoms with Crippen LogP contribution in [0.1, 0.15) is 30.1 Å². The molecular formula is C18H19NO3. The van der Waals surface area contributed by atoms with E-state index in [2.05, 4.69) is 5.32 Å². The molecule has 0 fully saturated rings. The Labute approximate surface area is 129 Å². The molecule has 0 saturated heterocycles. The van der Waals surface area contributed by atoms with E-state index in [9.17, 15) is 9.90 Å². The maximum absolute atomic E-state index is 12.4. The van der Waals surface area contributed by atoms with E-state index in [-0.39, 0.29) is 18.4 Å². The number of fused-ring (bicyclic) bond motifs is 1. The molecule has 0 bridgehead atoms. The zero-order valence-corrected chi connectivity index (χ0v) is 12.4. The molecule has 1 aliphatic heterocycles. The van der Waals surface area contributed by atoms with Gasteiger partial charge >= 0.3 is 0 Å². The van der Waals surface area contributed by atoms with E-state index in [0.29, 0.717) is 11.3 Å². The fraction of sp³-hybridized carbons (Fsp3) is 0.278. The molecule has 0 radical (unpaired) electrons. The van der Waals surface area contributed by atoms with Gasteiger partial charge in [0.05, 0.1) is 12.0 Å². The molecule has 2 aromatic carbocycles. The lowest BCUT2D eigenvalue weighted by Gasteiger charge is -2.31. The average Bonchev–Trinajstić information content (AvgIpc) is 2.57. The number of aliphatic hydroxyl groups excluding tert-OH is 1. The van der Waals surface area contributed by atoms with Crippen LogP contribution in [-0.2, 0) is 4.79 Å². The Morgan fingerprint density at radius 1 is 1.18 bits per heavy atom. The van der Waals surface area contributed by atoms with Crippen molar-refractivity contribution in [1.29, 1.82) is 0 Å². The summed E-state index contributed by atoms with van der Waals surface area (Å²) in [4.78, 5) is 12.4. The normalized spacial score (nSPS) is 21.4. The molecule has 2 aromatic rings. The van der Waals surface area contributed by atoms with Crippen LogP contribution < -0.4 is 10.1 Å². The highest BCUT2D eigenvalue weighted by Gasteiger charge is 2.31. The van der Waals surface area contributed by atoms with E-state index in [4.69, 9.17) is 4.74 Å². The lowest BCUT2D eigenvalue weighted by Crippen LogP contribution is -2.46. The van der Waals surface area contributed by atoms with Crippen molar-refractivity contribution in [2.24, 2.45) is 0 Å². The monoisotopic (exact) mass is 297 g/mol. The van der Waals surface area contributed by atoms with Gasteiger partial charge in [-0.15, -0.1) is 0 Å². The van der Waals surface area contributed by atoms with Crippen LogP contribution in [0.25, 0.3) is 0 Å². The summed E-state index contributed by atoms with van der Waals surface area (Å²) in [5.74, 6) is 0.292. The Hall–Kier alpha value is -2.33. The van der Waals surface area contributed by atoms with Crippen LogP contribution in [0.3, 0.4) is 0 Å². The summed E-state index contributed by atoms with van der Waals surface area (Å²) in [5, 5.41) is 13.3. The molecule has 4 heteroatoms. The molecule has 3 rings (SSSR count). The summed E-state index contributed by atoms with van der Waals surface area (Å²) in [6, 6.07) is 16.5. The number of nitrogens with one attached hydrogen (secondary N) is 1. The predicted octanol–water partition coefficient (Wildman–Crippen LogP) is 2.40. The van der Waals surface area contributed by atoms with Crippen molar-refractivity contribution in [2.45, 2.75) is 25.0 Å². The number of hydrogen-bond donors (Lipinski definition) is 2. The Bertz CT molecular complexity index is 656. The van der Waals surface area contributed by atoms with Crippen LogP contribution in [0.15, 0.2) is 54.6 Å². The van der Waals surface area contributed by atoms with Gasteiger partial charge in [0.1, 0.15) is 18.5 Å². The minimum atomic E-state index is -0.753. The van der Waals surface area contributed by atoms with Gasteiger partial charge in [-0.2, -0.15) is 0 Å². The lowest BCUT2D eigenvalue weighted by atomic mass is 9.96. The summed E-state index contributed by atoms with van der Waals surface area (Å²) in [5.41, 5.74) is 1.66. The minimum Gasteiger partial charge on any atom is -0.491 e. The standard InChI is InChI=1S/C18H19NO3/c1-12(13-7-3-2-4-8-13)18(21)19-15-11-22-16-10-6-5-9-14(16)17(15)20/h2-10,12,15,17,20H,11H2,1H3,(H,19,21). The topological polar surface area (TPSA) is 58.6 Å². The van der Waals surface area contributed by atoms with Crippen LogP contribution in [0, 0.1) is 0 Å². The van der Waals surface area contributed by atoms with Gasteiger partial charge in [-0.3, -0.25) is 4.79 Å². The largest absolute Gasteiger partial charge is 0.491 e. The Morgan fingerprint density at radius 3 is 2.64 bits per heavy atom. The van der Waals surface area contributed by atoms with E-state index >= 15 is 0 Å². The maximum atomic E-state index is 12.4. The van der Waals surface area contributed by atoms with Gasteiger partial charge in [0.15, 0.2) is 0 Å². The predicted molar refractivity (Wildman–Crippen MR) is 83.7 cm³/mol. The van der Waals surface area contributed by atoms with Gasteiger partial charge in [0.2, 0.25) is 5.91 Å². The molecule has 0 aromatic heterocycles. The molecule has 3 unspecified atom stereocenters. The van der Waals surface area contributed by atoms with Crippen molar-refractivity contribution < 1.29 is 14.6 Å². The zero-order valence-electron chi connectivity index (χ0n) is 12.4. The first-order valence-electron chi connectivity index (χ1n) is 7.42. The van der Waals surface area contributed by atoms with Crippen molar-refractivity contribution in [3.63, 3.8) is 0 Å². The quantitative estimate of drug-likeness (QED) is 0.914. The van der Waals surface area contributed by atoms with Crippen LogP contribution in [-0.4, -0.2) is 23.7 Å². The molecule has 22 heavy (non-hydrogen) atoms. The number of ether oxygens (including phenoxy) is 1. The third kappa shape index (κ3) is 2.83. The lowest BCUT2D eigenvalue weighted by molar-refractivity contribution is -0.124. The molecule has 2 N–H and O–H groups in total. The number of carbonyl (C=O) groups excluding carboxylic acids is 1. The fourth-order valence-corrected chi connectivity index (χ4v) is 2.67. The average molecular weight is 297 g/mol. The number of amides is 1. The molecule has 0 aliphatic carbocycles. The zero-order chi connectivity index (χ0) is 15.5. The molecule has 1 amide bonds. The van der Waals surface area contributed by atoms with E-state index in [0.717, 1.165) is 5.56 Å². The summed E-state index contributed by atoms with van der Waals surface area (Å²) < 4.78 is 5.62. The number of carbonyl (C=O) groups is 1. The molecule has 3 atom stereocenters. The van der Waals surface area contributed by atoms with Crippen molar-refractivity contribution >= 4 is 5.91 Å². The number of hydrogen-bond acceptors (Lipinski definition) is 3. The number of para-hydroxylation sites is 1. The smallest absolute Gasteiger partial charge is 0.227 e. The van der Waals surface area contributed by atoms with Gasteiger partial charge < -0.3 is 15.2 Å². The Balaban J connectivity index is 1.70. The first-order valence-corrected chi connectivity index (χ1v) is 7.42. The second-order valence-corrected chi connectivity index (χ2v) is 5.54. The summed E-state index contributed by atoms with van der Waals surface area (Å²) >= 11 is 0. The van der Waals surface area contributed by atoms with Crippen LogP contribution in [0.5, 0.6) is 5.75 Å². The SMILES string of the molecule is CC(C(=O)NC1COc2ccccc2C1O)c1ccccc1. The minimum absolute atomic E-state index is 0.113. The van der Waals surface area contributed by atoms with Gasteiger partial charge in [-0.25, -0.2) is 0 Å². The summed E-state index contributed by atoms with van der Waals surface area (Å²) in [6.07, 6.45) is -0.753. The van der Waals surface area contributed by atoms with E-state index in [1.807, 2.05) is 61.5 Å².